The van der Waals surface area contributed by atoms with E-state index in [1.165, 1.54) is 17.2 Å². The molecule has 13 nitrogen and oxygen atoms in total. The van der Waals surface area contributed by atoms with Crippen molar-refractivity contribution in [1.82, 2.24) is 9.55 Å². The fourth-order valence-electron chi connectivity index (χ4n) is 9.60. The lowest BCUT2D eigenvalue weighted by Crippen LogP contribution is -2.41. The summed E-state index contributed by atoms with van der Waals surface area (Å²) in [5.41, 5.74) is 7.17. The highest BCUT2D eigenvalue weighted by Gasteiger charge is 2.59. The number of para-hydroxylation sites is 2. The van der Waals surface area contributed by atoms with Gasteiger partial charge in [0.1, 0.15) is 18.5 Å². The van der Waals surface area contributed by atoms with E-state index in [4.69, 9.17) is 16.3 Å². The van der Waals surface area contributed by atoms with Gasteiger partial charge in [0.2, 0.25) is 17.8 Å². The Balaban J connectivity index is 1.02. The predicted molar refractivity (Wildman–Crippen MR) is 249 cm³/mol. The average molecular weight is 951 g/mol. The molecule has 354 valence electrons. The van der Waals surface area contributed by atoms with Crippen molar-refractivity contribution in [2.45, 2.75) is 121 Å². The van der Waals surface area contributed by atoms with Gasteiger partial charge in [-0.2, -0.15) is 18.3 Å². The first-order chi connectivity index (χ1) is 31.3. The molecule has 4 aliphatic rings. The van der Waals surface area contributed by atoms with E-state index < -0.39 is 46.8 Å². The van der Waals surface area contributed by atoms with Gasteiger partial charge in [-0.3, -0.25) is 9.36 Å². The van der Waals surface area contributed by atoms with E-state index in [0.717, 1.165) is 77.3 Å². The molecule has 4 heterocycles. The number of aliphatic hydroxyl groups excluding tert-OH is 2. The van der Waals surface area contributed by atoms with Crippen LogP contribution in [0.4, 0.5) is 26.0 Å². The van der Waals surface area contributed by atoms with E-state index in [-0.39, 0.29) is 34.7 Å². The fraction of sp³-hybridized carbons (Fsp3) is 0.469. The van der Waals surface area contributed by atoms with Gasteiger partial charge in [-0.05, 0) is 93.7 Å². The number of amides is 1. The molecule has 0 bridgehead atoms. The number of benzene rings is 2. The molecule has 3 aromatic rings. The van der Waals surface area contributed by atoms with Crippen LogP contribution in [0.15, 0.2) is 112 Å². The number of nitrogens with one attached hydrogen (secondary N) is 1. The van der Waals surface area contributed by atoms with E-state index in [1.54, 1.807) is 0 Å². The van der Waals surface area contributed by atoms with Crippen LogP contribution in [0.1, 0.15) is 103 Å². The maximum Gasteiger partial charge on any atom is 0.351 e. The van der Waals surface area contributed by atoms with Crippen molar-refractivity contribution >= 4 is 50.5 Å². The highest BCUT2D eigenvalue weighted by Crippen LogP contribution is 2.48. The third kappa shape index (κ3) is 10.2. The van der Waals surface area contributed by atoms with Crippen molar-refractivity contribution in [3.63, 3.8) is 0 Å². The van der Waals surface area contributed by atoms with Crippen LogP contribution in [0.25, 0.3) is 0 Å². The second-order valence-electron chi connectivity index (χ2n) is 18.4. The summed E-state index contributed by atoms with van der Waals surface area (Å²) in [7, 11) is -4.28. The van der Waals surface area contributed by atoms with Crippen LogP contribution in [0, 0.1) is 0 Å². The zero-order chi connectivity index (χ0) is 47.6. The molecule has 0 spiro atoms. The summed E-state index contributed by atoms with van der Waals surface area (Å²) in [6.45, 7) is 9.22. The Morgan fingerprint density at radius 2 is 1.71 bits per heavy atom. The zero-order valence-corrected chi connectivity index (χ0v) is 39.3. The molecule has 3 N–H and O–H groups in total. The standard InChI is InChI=1S/C49H58ClF2N5O8S/c1-47(2)34-17-7-9-19-36(34)55(27-11-5-6-21-42(59)53-41-26-29-57(46(61)54-41)45-49(51,52)44(60)38(31-58)65-45)39(47)24-22-32-15-14-16-33(43(32)50)23-25-40-48(3,4)35-18-8-10-20-37(35)56(40)28-12-13-30-66(62,63)64/h7-10,17-20,22-26,29,38,44-45,58,60H,5-6,11-16,21,27-28,30-31H2,1-4H3,(H-,53,54,59,61,62,63,64). The van der Waals surface area contributed by atoms with Gasteiger partial charge < -0.3 is 29.7 Å². The SMILES string of the molecule is CC1(C)C(/C=C/C2=C(Cl)C(=C/C=C3/N(CCCCS(=O)(=O)[O-])c4ccccc4C3(C)C)/CCC2)=[N+](CCCCCC(=O)Nc2ccn(C3OC(CO)C(O)C3(F)F)c(=O)n2)c2ccccc21. The number of fused-ring (bicyclic) bond motifs is 2. The maximum absolute atomic E-state index is 14.6. The number of aromatic nitrogens is 2. The minimum absolute atomic E-state index is 0.103. The Hall–Kier alpha value is -4.84. The number of hydrogen-bond donors (Lipinski definition) is 3. The van der Waals surface area contributed by atoms with Gasteiger partial charge in [-0.1, -0.05) is 74.0 Å². The van der Waals surface area contributed by atoms with Crippen molar-refractivity contribution in [2.24, 2.45) is 0 Å². The van der Waals surface area contributed by atoms with E-state index in [2.05, 4.69) is 96.0 Å². The predicted octanol–water partition coefficient (Wildman–Crippen LogP) is 7.87. The monoisotopic (exact) mass is 949 g/mol. The number of aliphatic hydroxyl groups is 2. The van der Waals surface area contributed by atoms with Crippen LogP contribution in [-0.4, -0.2) is 92.5 Å². The normalized spacial score (nSPS) is 23.4. The first-order valence-corrected chi connectivity index (χ1v) is 24.5. The Kier molecular flexibility index (Phi) is 14.7. The number of ether oxygens (including phenoxy) is 1. The molecule has 1 aromatic heterocycles. The molecule has 1 amide bonds. The van der Waals surface area contributed by atoms with Gasteiger partial charge in [-0.15, -0.1) is 0 Å². The number of carbonyl (C=O) groups is 1. The largest absolute Gasteiger partial charge is 0.748 e. The van der Waals surface area contributed by atoms with Crippen LogP contribution in [0.3, 0.4) is 0 Å². The van der Waals surface area contributed by atoms with Gasteiger partial charge in [0, 0.05) is 70.9 Å². The van der Waals surface area contributed by atoms with Crippen molar-refractivity contribution in [3.8, 4) is 0 Å². The fourth-order valence-corrected chi connectivity index (χ4v) is 10.5. The van der Waals surface area contributed by atoms with Gasteiger partial charge in [0.15, 0.2) is 11.8 Å². The molecule has 3 atom stereocenters. The highest BCUT2D eigenvalue weighted by molar-refractivity contribution is 7.85. The van der Waals surface area contributed by atoms with Crippen molar-refractivity contribution in [3.05, 3.63) is 129 Å². The average Bonchev–Trinajstić information content (AvgIpc) is 3.73. The van der Waals surface area contributed by atoms with E-state index in [9.17, 15) is 41.6 Å². The summed E-state index contributed by atoms with van der Waals surface area (Å²) in [6, 6.07) is 17.8. The van der Waals surface area contributed by atoms with Crippen LogP contribution in [-0.2, 0) is 30.5 Å². The number of anilines is 2. The van der Waals surface area contributed by atoms with E-state index >= 15 is 0 Å². The number of alkyl halides is 2. The summed E-state index contributed by atoms with van der Waals surface area (Å²) in [6.07, 6.45) is 9.18. The van der Waals surface area contributed by atoms with Crippen LogP contribution >= 0.6 is 11.6 Å². The topological polar surface area (TPSA) is 177 Å². The lowest BCUT2D eigenvalue weighted by atomic mass is 9.81. The number of hydrogen-bond acceptors (Lipinski definition) is 10. The van der Waals surface area contributed by atoms with Crippen molar-refractivity contribution in [2.75, 3.05) is 35.7 Å². The molecule has 2 aromatic carbocycles. The van der Waals surface area contributed by atoms with Gasteiger partial charge in [0.25, 0.3) is 0 Å². The summed E-state index contributed by atoms with van der Waals surface area (Å²) in [4.78, 5) is 31.4. The second kappa shape index (κ2) is 19.8. The molecule has 3 unspecified atom stereocenters. The molecule has 17 heteroatoms. The third-order valence-corrected chi connectivity index (χ3v) is 14.4. The number of rotatable bonds is 17. The van der Waals surface area contributed by atoms with Crippen LogP contribution in [0.2, 0.25) is 0 Å². The summed E-state index contributed by atoms with van der Waals surface area (Å²) < 4.78 is 70.9. The van der Waals surface area contributed by atoms with Gasteiger partial charge in [-0.25, -0.2) is 13.2 Å². The Bertz CT molecular complexity index is 2670. The lowest BCUT2D eigenvalue weighted by molar-refractivity contribution is -0.438. The summed E-state index contributed by atoms with van der Waals surface area (Å²) in [5.74, 6) is -4.72. The molecular formula is C49H58ClF2N5O8S. The number of carbonyl (C=O) groups excluding carboxylic acids is 1. The molecule has 1 aliphatic carbocycles. The Morgan fingerprint density at radius 3 is 2.42 bits per heavy atom. The lowest BCUT2D eigenvalue weighted by Gasteiger charge is -2.27. The van der Waals surface area contributed by atoms with E-state index in [0.29, 0.717) is 36.9 Å². The highest BCUT2D eigenvalue weighted by atomic mass is 35.5. The van der Waals surface area contributed by atoms with Gasteiger partial charge in [0.05, 0.1) is 22.1 Å². The zero-order valence-electron chi connectivity index (χ0n) is 37.7. The van der Waals surface area contributed by atoms with Crippen molar-refractivity contribution < 1.29 is 46.1 Å². The Labute approximate surface area is 389 Å². The van der Waals surface area contributed by atoms with Crippen LogP contribution < -0.4 is 15.9 Å². The minimum atomic E-state index is -4.28. The van der Waals surface area contributed by atoms with Gasteiger partial charge >= 0.3 is 11.6 Å². The molecule has 7 rings (SSSR count). The molecule has 1 saturated heterocycles. The molecule has 66 heavy (non-hydrogen) atoms. The summed E-state index contributed by atoms with van der Waals surface area (Å²) >= 11 is 7.23. The number of nitrogens with zero attached hydrogens (tertiary/aromatic N) is 4. The molecule has 0 saturated carbocycles. The first-order valence-electron chi connectivity index (χ1n) is 22.5. The number of allylic oxidation sites excluding steroid dienone is 8. The number of halogens is 3. The number of unbranched alkanes of at least 4 members (excludes halogenated alkanes) is 3. The van der Waals surface area contributed by atoms with Crippen molar-refractivity contribution in [1.29, 1.82) is 0 Å². The smallest absolute Gasteiger partial charge is 0.351 e. The Morgan fingerprint density at radius 1 is 0.985 bits per heavy atom. The first kappa shape index (κ1) is 49.1. The molecule has 3 aliphatic heterocycles. The third-order valence-electron chi connectivity index (χ3n) is 13.2. The van der Waals surface area contributed by atoms with Crippen LogP contribution in [0.5, 0.6) is 0 Å². The maximum atomic E-state index is 14.6. The molecular weight excluding hydrogens is 892 g/mol. The minimum Gasteiger partial charge on any atom is -0.748 e. The quantitative estimate of drug-likeness (QED) is 0.0686. The summed E-state index contributed by atoms with van der Waals surface area (Å²) in [5, 5.41) is 22.4. The second-order valence-corrected chi connectivity index (χ2v) is 20.3. The molecule has 0 radical (unpaired) electrons. The van der Waals surface area contributed by atoms with E-state index in [1.807, 2.05) is 24.3 Å². The molecule has 1 fully saturated rings.